The maximum Gasteiger partial charge on any atom is 0.253 e. The van der Waals surface area contributed by atoms with Gasteiger partial charge in [0.1, 0.15) is 6.10 Å². The average Bonchev–Trinajstić information content (AvgIpc) is 3.27. The van der Waals surface area contributed by atoms with Crippen molar-refractivity contribution in [2.24, 2.45) is 4.99 Å². The lowest BCUT2D eigenvalue weighted by Crippen LogP contribution is -2.37. The van der Waals surface area contributed by atoms with Gasteiger partial charge < -0.3 is 20.7 Å². The zero-order chi connectivity index (χ0) is 20.5. The Morgan fingerprint density at radius 1 is 1.20 bits per heavy atom. The van der Waals surface area contributed by atoms with E-state index < -0.39 is 0 Å². The molecule has 0 saturated carbocycles. The van der Waals surface area contributed by atoms with E-state index in [1.807, 2.05) is 48.5 Å². The number of carbonyl (C=O) groups excluding carboxylic acids is 1. The fraction of sp³-hybridized carbons (Fsp3) is 0.364. The lowest BCUT2D eigenvalue weighted by atomic mass is 10.1. The molecule has 2 aromatic rings. The molecule has 0 spiro atoms. The summed E-state index contributed by atoms with van der Waals surface area (Å²) >= 11 is 6.20. The van der Waals surface area contributed by atoms with Crippen LogP contribution in [0.1, 0.15) is 24.0 Å². The van der Waals surface area contributed by atoms with Crippen molar-refractivity contribution in [3.63, 3.8) is 0 Å². The van der Waals surface area contributed by atoms with Crippen molar-refractivity contribution in [3.05, 3.63) is 64.7 Å². The van der Waals surface area contributed by atoms with Crippen LogP contribution in [-0.2, 0) is 22.5 Å². The van der Waals surface area contributed by atoms with Crippen molar-refractivity contribution in [2.45, 2.75) is 31.9 Å². The normalized spacial score (nSPS) is 15.9. The van der Waals surface area contributed by atoms with E-state index >= 15 is 0 Å². The second-order valence-electron chi connectivity index (χ2n) is 6.89. The van der Waals surface area contributed by atoms with Crippen molar-refractivity contribution < 1.29 is 9.53 Å². The molecule has 6 nitrogen and oxygen atoms in total. The van der Waals surface area contributed by atoms with Gasteiger partial charge in [-0.25, -0.2) is 0 Å². The largest absolute Gasteiger partial charge is 0.368 e. The highest BCUT2D eigenvalue weighted by molar-refractivity contribution is 14.0. The highest BCUT2D eigenvalue weighted by Gasteiger charge is 2.23. The van der Waals surface area contributed by atoms with Gasteiger partial charge in [0.25, 0.3) is 5.91 Å². The Morgan fingerprint density at radius 3 is 2.77 bits per heavy atom. The minimum absolute atomic E-state index is 0. The Kier molecular flexibility index (Phi) is 10.4. The summed E-state index contributed by atoms with van der Waals surface area (Å²) in [7, 11) is 1.74. The van der Waals surface area contributed by atoms with Gasteiger partial charge >= 0.3 is 0 Å². The molecule has 1 saturated heterocycles. The number of hydrogen-bond acceptors (Lipinski definition) is 3. The number of anilines is 1. The van der Waals surface area contributed by atoms with Crippen LogP contribution in [0.5, 0.6) is 0 Å². The Bertz CT molecular complexity index is 857. The molecule has 2 aromatic carbocycles. The summed E-state index contributed by atoms with van der Waals surface area (Å²) < 4.78 is 5.43. The minimum atomic E-state index is -0.335. The molecule has 1 unspecified atom stereocenters. The zero-order valence-corrected chi connectivity index (χ0v) is 20.1. The lowest BCUT2D eigenvalue weighted by Gasteiger charge is -2.14. The van der Waals surface area contributed by atoms with E-state index in [-0.39, 0.29) is 36.0 Å². The van der Waals surface area contributed by atoms with Gasteiger partial charge in [0.05, 0.1) is 0 Å². The summed E-state index contributed by atoms with van der Waals surface area (Å²) in [5, 5.41) is 10.3. The summed E-state index contributed by atoms with van der Waals surface area (Å²) in [5.74, 6) is 0.635. The molecule has 1 fully saturated rings. The molecule has 1 heterocycles. The predicted octanol–water partition coefficient (Wildman–Crippen LogP) is 3.98. The minimum Gasteiger partial charge on any atom is -0.368 e. The topological polar surface area (TPSA) is 74.8 Å². The van der Waals surface area contributed by atoms with E-state index in [0.717, 1.165) is 47.6 Å². The summed E-state index contributed by atoms with van der Waals surface area (Å²) in [5.41, 5.74) is 2.92. The first-order valence-electron chi connectivity index (χ1n) is 9.85. The van der Waals surface area contributed by atoms with Gasteiger partial charge in [-0.15, -0.1) is 24.0 Å². The number of aliphatic imine (C=N–C) groups is 1. The van der Waals surface area contributed by atoms with Crippen LogP contribution in [0, 0.1) is 0 Å². The molecule has 1 amide bonds. The third kappa shape index (κ3) is 7.45. The molecule has 0 aliphatic carbocycles. The monoisotopic (exact) mass is 542 g/mol. The van der Waals surface area contributed by atoms with Gasteiger partial charge in [-0.05, 0) is 48.6 Å². The molecule has 3 N–H and O–H groups in total. The SMILES string of the molecule is CN=C(NCCc1ccccc1Cl)NCc1cccc(NC(=O)C2CCCO2)c1.I. The number of benzene rings is 2. The number of carbonyl (C=O) groups is 1. The summed E-state index contributed by atoms with van der Waals surface area (Å²) in [6.07, 6.45) is 2.19. The number of nitrogens with one attached hydrogen (secondary N) is 3. The number of hydrogen-bond donors (Lipinski definition) is 3. The number of rotatable bonds is 7. The standard InChI is InChI=1S/C22H27ClN4O2.HI/c1-24-22(25-12-11-17-7-2-3-9-19(17)23)26-15-16-6-4-8-18(14-16)27-21(28)20-10-5-13-29-20;/h2-4,6-9,14,20H,5,10-13,15H2,1H3,(H,27,28)(H2,24,25,26);1H. The number of amides is 1. The van der Waals surface area contributed by atoms with Gasteiger partial charge in [-0.2, -0.15) is 0 Å². The van der Waals surface area contributed by atoms with Crippen LogP contribution < -0.4 is 16.0 Å². The van der Waals surface area contributed by atoms with Crippen molar-refractivity contribution in [1.29, 1.82) is 0 Å². The molecule has 30 heavy (non-hydrogen) atoms. The van der Waals surface area contributed by atoms with Crippen LogP contribution in [-0.4, -0.2) is 38.2 Å². The first-order chi connectivity index (χ1) is 14.2. The quantitative estimate of drug-likeness (QED) is 0.281. The third-order valence-electron chi connectivity index (χ3n) is 4.74. The molecule has 1 aliphatic heterocycles. The number of guanidine groups is 1. The van der Waals surface area contributed by atoms with Gasteiger partial charge in [-0.3, -0.25) is 9.79 Å². The Balaban J connectivity index is 0.00000320. The zero-order valence-electron chi connectivity index (χ0n) is 17.0. The Hall–Kier alpha value is -1.84. The molecule has 8 heteroatoms. The maximum atomic E-state index is 12.2. The van der Waals surface area contributed by atoms with Crippen LogP contribution in [0.25, 0.3) is 0 Å². The van der Waals surface area contributed by atoms with Crippen molar-refractivity contribution in [1.82, 2.24) is 10.6 Å². The Labute approximate surface area is 199 Å². The highest BCUT2D eigenvalue weighted by Crippen LogP contribution is 2.16. The van der Waals surface area contributed by atoms with E-state index in [1.165, 1.54) is 0 Å². The van der Waals surface area contributed by atoms with Gasteiger partial charge in [0.2, 0.25) is 0 Å². The molecular weight excluding hydrogens is 515 g/mol. The molecule has 3 rings (SSSR count). The Morgan fingerprint density at radius 2 is 2.03 bits per heavy atom. The molecule has 0 aromatic heterocycles. The number of halogens is 2. The smallest absolute Gasteiger partial charge is 0.253 e. The van der Waals surface area contributed by atoms with Crippen molar-refractivity contribution in [3.8, 4) is 0 Å². The first-order valence-corrected chi connectivity index (χ1v) is 10.2. The fourth-order valence-corrected chi connectivity index (χ4v) is 3.42. The molecule has 1 atom stereocenters. The lowest BCUT2D eigenvalue weighted by molar-refractivity contribution is -0.124. The average molecular weight is 543 g/mol. The molecule has 0 bridgehead atoms. The van der Waals surface area contributed by atoms with Gasteiger partial charge in [0.15, 0.2) is 5.96 Å². The predicted molar refractivity (Wildman–Crippen MR) is 133 cm³/mol. The highest BCUT2D eigenvalue weighted by atomic mass is 127. The van der Waals surface area contributed by atoms with Crippen LogP contribution >= 0.6 is 35.6 Å². The van der Waals surface area contributed by atoms with Gasteiger partial charge in [0, 0.05) is 37.5 Å². The van der Waals surface area contributed by atoms with E-state index in [1.54, 1.807) is 7.05 Å². The third-order valence-corrected chi connectivity index (χ3v) is 5.11. The number of nitrogens with zero attached hydrogens (tertiary/aromatic N) is 1. The second kappa shape index (κ2) is 12.8. The summed E-state index contributed by atoms with van der Waals surface area (Å²) in [4.78, 5) is 16.5. The van der Waals surface area contributed by atoms with Crippen LogP contribution in [0.3, 0.4) is 0 Å². The molecular formula is C22H28ClIN4O2. The van der Waals surface area contributed by atoms with Crippen molar-refractivity contribution >= 4 is 53.1 Å². The number of ether oxygens (including phenoxy) is 1. The van der Waals surface area contributed by atoms with E-state index in [9.17, 15) is 4.79 Å². The summed E-state index contributed by atoms with van der Waals surface area (Å²) in [6, 6.07) is 15.6. The van der Waals surface area contributed by atoms with Crippen LogP contribution in [0.2, 0.25) is 5.02 Å². The molecule has 1 aliphatic rings. The second-order valence-corrected chi connectivity index (χ2v) is 7.29. The van der Waals surface area contributed by atoms with Crippen LogP contribution in [0.4, 0.5) is 5.69 Å². The van der Waals surface area contributed by atoms with Crippen LogP contribution in [0.15, 0.2) is 53.5 Å². The van der Waals surface area contributed by atoms with Crippen molar-refractivity contribution in [2.75, 3.05) is 25.5 Å². The fourth-order valence-electron chi connectivity index (χ4n) is 3.19. The van der Waals surface area contributed by atoms with E-state index in [2.05, 4.69) is 20.9 Å². The van der Waals surface area contributed by atoms with Gasteiger partial charge in [-0.1, -0.05) is 41.9 Å². The molecule has 0 radical (unpaired) electrons. The molecule has 162 valence electrons. The van der Waals surface area contributed by atoms with E-state index in [0.29, 0.717) is 19.1 Å². The maximum absolute atomic E-state index is 12.2. The first kappa shape index (κ1) is 24.4. The summed E-state index contributed by atoms with van der Waals surface area (Å²) in [6.45, 7) is 1.97. The van der Waals surface area contributed by atoms with E-state index in [4.69, 9.17) is 16.3 Å².